The minimum absolute atomic E-state index is 0.245. The Morgan fingerprint density at radius 1 is 1.09 bits per heavy atom. The molecule has 4 aliphatic rings. The summed E-state index contributed by atoms with van der Waals surface area (Å²) >= 11 is 17.8. The van der Waals surface area contributed by atoms with Gasteiger partial charge >= 0.3 is 0 Å². The van der Waals surface area contributed by atoms with Crippen LogP contribution in [0, 0.1) is 23.2 Å². The molecule has 0 spiro atoms. The number of rotatable bonds is 5. The highest BCUT2D eigenvalue weighted by Gasteiger charge is 2.56. The summed E-state index contributed by atoms with van der Waals surface area (Å²) in [7, 11) is 0. The Bertz CT molecular complexity index is 1230. The van der Waals surface area contributed by atoms with Gasteiger partial charge in [-0.2, -0.15) is 0 Å². The second kappa shape index (κ2) is 9.06. The van der Waals surface area contributed by atoms with Crippen LogP contribution in [0.3, 0.4) is 0 Å². The Balaban J connectivity index is 1.22. The number of benzene rings is 2. The first kappa shape index (κ1) is 24.5. The number of hydrogen-bond donors (Lipinski definition) is 2. The van der Waals surface area contributed by atoms with Crippen molar-refractivity contribution < 1.29 is 9.59 Å². The monoisotopic (exact) mass is 529 g/mol. The molecule has 3 fully saturated rings. The van der Waals surface area contributed by atoms with Crippen LogP contribution in [0.5, 0.6) is 0 Å². The molecule has 184 valence electrons. The summed E-state index contributed by atoms with van der Waals surface area (Å²) in [5, 5.41) is 8.33. The Morgan fingerprint density at radius 2 is 1.83 bits per heavy atom. The predicted octanol–water partition coefficient (Wildman–Crippen LogP) is 6.19. The smallest absolute Gasteiger partial charge is 0.261 e. The van der Waals surface area contributed by atoms with E-state index < -0.39 is 0 Å². The van der Waals surface area contributed by atoms with Crippen LogP contribution in [-0.4, -0.2) is 34.4 Å². The highest BCUT2D eigenvalue weighted by atomic mass is 35.5. The number of imide groups is 1. The third-order valence-electron chi connectivity index (χ3n) is 8.52. The van der Waals surface area contributed by atoms with Crippen LogP contribution in [0.2, 0.25) is 10.0 Å². The average molecular weight is 531 g/mol. The molecule has 2 aromatic rings. The number of fused-ring (bicyclic) bond motifs is 3. The molecule has 4 unspecified atom stereocenters. The van der Waals surface area contributed by atoms with Crippen LogP contribution in [-0.2, 0) is 6.42 Å². The zero-order chi connectivity index (χ0) is 25.1. The first-order chi connectivity index (χ1) is 16.6. The zero-order valence-corrected chi connectivity index (χ0v) is 22.4. The average Bonchev–Trinajstić information content (AvgIpc) is 3.03. The van der Waals surface area contributed by atoms with Crippen LogP contribution in [0.4, 0.5) is 5.69 Å². The van der Waals surface area contributed by atoms with Crippen LogP contribution in [0.1, 0.15) is 59.9 Å². The number of halogens is 2. The fraction of sp³-hybridized carbons (Fsp3) is 0.444. The molecule has 1 aliphatic heterocycles. The lowest BCUT2D eigenvalue weighted by Gasteiger charge is -2.62. The number of amides is 2. The Kier molecular flexibility index (Phi) is 6.35. The molecule has 2 amide bonds. The van der Waals surface area contributed by atoms with Crippen molar-refractivity contribution in [3.05, 3.63) is 63.1 Å². The molecule has 35 heavy (non-hydrogen) atoms. The summed E-state index contributed by atoms with van der Waals surface area (Å²) < 4.78 is 0. The third kappa shape index (κ3) is 4.34. The second-order valence-electron chi connectivity index (χ2n) is 10.7. The summed E-state index contributed by atoms with van der Waals surface area (Å²) in [4.78, 5) is 27.2. The van der Waals surface area contributed by atoms with Gasteiger partial charge in [-0.15, -0.1) is 0 Å². The molecule has 0 saturated heterocycles. The molecule has 3 saturated carbocycles. The van der Waals surface area contributed by atoms with Crippen molar-refractivity contribution in [2.45, 2.75) is 46.1 Å². The summed E-state index contributed by atoms with van der Waals surface area (Å²) in [5.74, 6) is 1.41. The van der Waals surface area contributed by atoms with Gasteiger partial charge in [0.1, 0.15) is 0 Å². The number of nitrogens with one attached hydrogen (secondary N) is 2. The van der Waals surface area contributed by atoms with Crippen molar-refractivity contribution in [3.63, 3.8) is 0 Å². The lowest BCUT2D eigenvalue weighted by Crippen LogP contribution is -2.61. The topological polar surface area (TPSA) is 61.4 Å². The van der Waals surface area contributed by atoms with E-state index in [-0.39, 0.29) is 18.4 Å². The van der Waals surface area contributed by atoms with E-state index in [0.29, 0.717) is 55.8 Å². The number of nitrogens with zero attached hydrogens (tertiary/aromatic N) is 1. The first-order valence-corrected chi connectivity index (χ1v) is 13.2. The van der Waals surface area contributed by atoms with Crippen LogP contribution < -0.4 is 10.6 Å². The van der Waals surface area contributed by atoms with E-state index in [4.69, 9.17) is 35.4 Å². The molecule has 0 aromatic heterocycles. The van der Waals surface area contributed by atoms with E-state index in [1.165, 1.54) is 11.3 Å². The molecular weight excluding hydrogens is 501 g/mol. The Morgan fingerprint density at radius 3 is 2.51 bits per heavy atom. The maximum Gasteiger partial charge on any atom is 0.261 e. The van der Waals surface area contributed by atoms with Gasteiger partial charge < -0.3 is 10.6 Å². The molecule has 3 aliphatic carbocycles. The zero-order valence-electron chi connectivity index (χ0n) is 20.0. The van der Waals surface area contributed by atoms with E-state index in [1.54, 1.807) is 30.3 Å². The summed E-state index contributed by atoms with van der Waals surface area (Å²) in [6, 6.07) is 10.8. The number of hydrogen-bond acceptors (Lipinski definition) is 3. The quantitative estimate of drug-likeness (QED) is 0.357. The second-order valence-corrected chi connectivity index (χ2v) is 11.9. The molecule has 2 aromatic carbocycles. The van der Waals surface area contributed by atoms with Gasteiger partial charge in [0.15, 0.2) is 5.11 Å². The third-order valence-corrected chi connectivity index (χ3v) is 9.33. The molecule has 0 radical (unpaired) electrons. The van der Waals surface area contributed by atoms with Gasteiger partial charge in [0.25, 0.3) is 11.8 Å². The standard InChI is InChI=1S/C27H29Cl2N3O2S/c1-14-21-10-16(27(21,2)3)11-23(14)31-26(35)30-18-6-7-19-20(13-18)25(34)32(24(19)33)9-8-15-4-5-17(28)12-22(15)29/h4-7,12-14,16,21,23H,8-11H2,1-3H3,(H2,30,31,35). The number of carbonyl (C=O) groups is 2. The molecular formula is C27H29Cl2N3O2S. The highest BCUT2D eigenvalue weighted by molar-refractivity contribution is 7.80. The van der Waals surface area contributed by atoms with Gasteiger partial charge in [-0.05, 0) is 90.5 Å². The minimum atomic E-state index is -0.305. The van der Waals surface area contributed by atoms with Gasteiger partial charge in [0.2, 0.25) is 0 Å². The van der Waals surface area contributed by atoms with E-state index in [2.05, 4.69) is 31.4 Å². The maximum atomic E-state index is 13.0. The molecule has 2 N–H and O–H groups in total. The van der Waals surface area contributed by atoms with Crippen molar-refractivity contribution in [1.29, 1.82) is 0 Å². The van der Waals surface area contributed by atoms with Gasteiger partial charge in [-0.3, -0.25) is 14.5 Å². The van der Waals surface area contributed by atoms with Crippen molar-refractivity contribution >= 4 is 58.0 Å². The lowest BCUT2D eigenvalue weighted by molar-refractivity contribution is -0.111. The fourth-order valence-electron chi connectivity index (χ4n) is 6.20. The first-order valence-electron chi connectivity index (χ1n) is 12.1. The van der Waals surface area contributed by atoms with Crippen molar-refractivity contribution in [2.75, 3.05) is 11.9 Å². The van der Waals surface area contributed by atoms with E-state index in [9.17, 15) is 9.59 Å². The van der Waals surface area contributed by atoms with Crippen LogP contribution >= 0.6 is 35.4 Å². The molecule has 4 atom stereocenters. The molecule has 2 bridgehead atoms. The summed E-state index contributed by atoms with van der Waals surface area (Å²) in [5.41, 5.74) is 2.75. The van der Waals surface area contributed by atoms with Gasteiger partial charge in [-0.25, -0.2) is 0 Å². The van der Waals surface area contributed by atoms with E-state index in [0.717, 1.165) is 23.8 Å². The van der Waals surface area contributed by atoms with Crippen molar-refractivity contribution in [3.8, 4) is 0 Å². The van der Waals surface area contributed by atoms with Crippen LogP contribution in [0.25, 0.3) is 0 Å². The SMILES string of the molecule is CC1C(NC(=S)Nc2ccc3c(c2)C(=O)N(CCc2ccc(Cl)cc2Cl)C3=O)CC2CC1C2(C)C. The summed E-state index contributed by atoms with van der Waals surface area (Å²) in [6.45, 7) is 7.32. The van der Waals surface area contributed by atoms with E-state index >= 15 is 0 Å². The van der Waals surface area contributed by atoms with Crippen molar-refractivity contribution in [1.82, 2.24) is 10.2 Å². The largest absolute Gasteiger partial charge is 0.359 e. The highest BCUT2D eigenvalue weighted by Crippen LogP contribution is 2.61. The van der Waals surface area contributed by atoms with Gasteiger partial charge in [-0.1, -0.05) is 50.0 Å². The minimum Gasteiger partial charge on any atom is -0.359 e. The number of carbonyl (C=O) groups excluding carboxylic acids is 2. The van der Waals surface area contributed by atoms with Crippen LogP contribution in [0.15, 0.2) is 36.4 Å². The van der Waals surface area contributed by atoms with E-state index in [1.807, 2.05) is 6.07 Å². The normalized spacial score (nSPS) is 26.3. The fourth-order valence-corrected chi connectivity index (χ4v) is 6.98. The Labute approximate surface area is 221 Å². The number of thiocarbonyl (C=S) groups is 1. The maximum absolute atomic E-state index is 13.0. The molecule has 6 rings (SSSR count). The van der Waals surface area contributed by atoms with Gasteiger partial charge in [0, 0.05) is 28.3 Å². The van der Waals surface area contributed by atoms with Crippen molar-refractivity contribution in [2.24, 2.45) is 23.2 Å². The number of anilines is 1. The van der Waals surface area contributed by atoms with Gasteiger partial charge in [0.05, 0.1) is 11.1 Å². The lowest BCUT2D eigenvalue weighted by atomic mass is 9.45. The molecule has 5 nitrogen and oxygen atoms in total. The molecule has 1 heterocycles. The Hall–Kier alpha value is -2.15. The summed E-state index contributed by atoms with van der Waals surface area (Å²) in [6.07, 6.45) is 2.89. The predicted molar refractivity (Wildman–Crippen MR) is 144 cm³/mol. The molecule has 8 heteroatoms.